The van der Waals surface area contributed by atoms with E-state index in [-0.39, 0.29) is 39.4 Å². The van der Waals surface area contributed by atoms with Crippen LogP contribution in [0.2, 0.25) is 0 Å². The molecule has 5 aromatic rings. The van der Waals surface area contributed by atoms with Gasteiger partial charge in [-0.2, -0.15) is 0 Å². The van der Waals surface area contributed by atoms with Crippen molar-refractivity contribution in [2.24, 2.45) is 28.2 Å². The summed E-state index contributed by atoms with van der Waals surface area (Å²) in [5.41, 5.74) is -1.66. The predicted octanol–water partition coefficient (Wildman–Crippen LogP) is 1.24. The summed E-state index contributed by atoms with van der Waals surface area (Å²) >= 11 is 0. The number of hydrogen-bond donors (Lipinski definition) is 1. The van der Waals surface area contributed by atoms with E-state index in [4.69, 9.17) is 4.74 Å². The summed E-state index contributed by atoms with van der Waals surface area (Å²) in [5.74, 6) is -0.452. The van der Waals surface area contributed by atoms with Crippen molar-refractivity contribution in [3.63, 3.8) is 0 Å². The number of nitrogens with zero attached hydrogens (tertiary/aromatic N) is 5. The van der Waals surface area contributed by atoms with Gasteiger partial charge >= 0.3 is 11.4 Å². The minimum absolute atomic E-state index is 0.00998. The van der Waals surface area contributed by atoms with Crippen LogP contribution < -0.4 is 27.2 Å². The number of rotatable bonds is 4. The first kappa shape index (κ1) is 23.9. The number of aryl methyl sites for hydroxylation is 1. The van der Waals surface area contributed by atoms with Crippen molar-refractivity contribution in [2.45, 2.75) is 0 Å². The fourth-order valence-electron chi connectivity index (χ4n) is 4.64. The van der Waals surface area contributed by atoms with Gasteiger partial charge in [0.1, 0.15) is 11.5 Å². The normalized spacial score (nSPS) is 11.4. The lowest BCUT2D eigenvalue weighted by atomic mass is 9.99. The van der Waals surface area contributed by atoms with E-state index in [0.717, 1.165) is 9.13 Å². The molecule has 12 heteroatoms. The van der Waals surface area contributed by atoms with E-state index in [1.807, 2.05) is 0 Å². The Bertz CT molecular complexity index is 1950. The Labute approximate surface area is 207 Å². The van der Waals surface area contributed by atoms with E-state index in [2.05, 4.69) is 4.98 Å². The molecule has 0 unspecified atom stereocenters. The zero-order valence-electron chi connectivity index (χ0n) is 20.7. The molecule has 190 valence electrons. The van der Waals surface area contributed by atoms with Crippen molar-refractivity contribution in [2.75, 3.05) is 7.11 Å². The van der Waals surface area contributed by atoms with Crippen molar-refractivity contribution in [1.82, 2.24) is 27.8 Å². The molecule has 0 atom stereocenters. The van der Waals surface area contributed by atoms with Gasteiger partial charge in [0, 0.05) is 51.7 Å². The molecular weight excluding hydrogens is 483 g/mol. The van der Waals surface area contributed by atoms with Crippen molar-refractivity contribution in [3.8, 4) is 34.0 Å². The molecule has 0 spiro atoms. The molecule has 0 aliphatic carbocycles. The van der Waals surface area contributed by atoms with Crippen LogP contribution in [0.4, 0.5) is 4.39 Å². The molecule has 0 saturated carbocycles. The Balaban J connectivity index is 2.08. The number of nitrogens with one attached hydrogen (secondary N) is 1. The number of ether oxygens (including phenoxy) is 1. The third-order valence-corrected chi connectivity index (χ3v) is 6.58. The smallest absolute Gasteiger partial charge is 0.332 e. The van der Waals surface area contributed by atoms with E-state index in [0.29, 0.717) is 5.56 Å². The highest BCUT2D eigenvalue weighted by Crippen LogP contribution is 2.38. The molecule has 4 heterocycles. The lowest BCUT2D eigenvalue weighted by Crippen LogP contribution is -2.40. The second-order valence-electron chi connectivity index (χ2n) is 8.65. The van der Waals surface area contributed by atoms with Crippen molar-refractivity contribution in [3.05, 3.63) is 90.2 Å². The summed E-state index contributed by atoms with van der Waals surface area (Å²) in [7, 11) is 7.00. The van der Waals surface area contributed by atoms with Gasteiger partial charge in [0.15, 0.2) is 11.6 Å². The molecule has 1 N–H and O–H groups in total. The first-order chi connectivity index (χ1) is 17.6. The van der Waals surface area contributed by atoms with Gasteiger partial charge in [-0.05, 0) is 30.3 Å². The van der Waals surface area contributed by atoms with Crippen molar-refractivity contribution >= 4 is 11.0 Å². The summed E-state index contributed by atoms with van der Waals surface area (Å²) in [6.07, 6.45) is 3.32. The van der Waals surface area contributed by atoms with Crippen molar-refractivity contribution < 1.29 is 9.13 Å². The second kappa shape index (κ2) is 8.36. The Hall–Kier alpha value is -4.87. The maximum atomic E-state index is 14.8. The predicted molar refractivity (Wildman–Crippen MR) is 136 cm³/mol. The largest absolute Gasteiger partial charge is 0.494 e. The van der Waals surface area contributed by atoms with Gasteiger partial charge in [-0.3, -0.25) is 27.9 Å². The number of halogens is 1. The average molecular weight is 506 g/mol. The molecule has 0 saturated heterocycles. The van der Waals surface area contributed by atoms with E-state index in [9.17, 15) is 23.6 Å². The fraction of sp³-hybridized carbons (Fsp3) is 0.200. The summed E-state index contributed by atoms with van der Waals surface area (Å²) in [6.45, 7) is 0. The molecule has 4 aromatic heterocycles. The Kier molecular flexibility index (Phi) is 5.39. The van der Waals surface area contributed by atoms with Crippen LogP contribution >= 0.6 is 0 Å². The first-order valence-corrected chi connectivity index (χ1v) is 11.2. The van der Waals surface area contributed by atoms with Crippen LogP contribution in [-0.2, 0) is 28.2 Å². The van der Waals surface area contributed by atoms with Crippen LogP contribution in [0.3, 0.4) is 0 Å². The van der Waals surface area contributed by atoms with Gasteiger partial charge in [0.25, 0.3) is 11.1 Å². The van der Waals surface area contributed by atoms with Crippen molar-refractivity contribution in [1.29, 1.82) is 0 Å². The van der Waals surface area contributed by atoms with Gasteiger partial charge < -0.3 is 14.3 Å². The van der Waals surface area contributed by atoms with E-state index in [1.165, 1.54) is 56.6 Å². The number of hydrogen-bond acceptors (Lipinski definition) is 5. The van der Waals surface area contributed by atoms with E-state index in [1.54, 1.807) is 35.2 Å². The second-order valence-corrected chi connectivity index (χ2v) is 8.65. The standard InChI is InChI=1S/C25H23FN6O5/c1-28-20-17(22(33)30(3)24(28)35)16(19(27-20)13-8-9-15(37-5)14(26)12-13)18-21(32-10-6-7-11-32)29(2)25(36)31(4)23(18)34/h6-12,27H,1-5H3. The van der Waals surface area contributed by atoms with Crippen LogP contribution in [0.5, 0.6) is 5.75 Å². The molecular formula is C25H23FN6O5. The zero-order valence-corrected chi connectivity index (χ0v) is 20.7. The molecule has 0 amide bonds. The summed E-state index contributed by atoms with van der Waals surface area (Å²) in [5, 5.41) is 0.0416. The third kappa shape index (κ3) is 3.33. The lowest BCUT2D eigenvalue weighted by molar-refractivity contribution is 0.386. The molecule has 0 fully saturated rings. The van der Waals surface area contributed by atoms with Gasteiger partial charge in [-0.15, -0.1) is 0 Å². The van der Waals surface area contributed by atoms with Crippen LogP contribution in [0.15, 0.2) is 61.9 Å². The van der Waals surface area contributed by atoms with Gasteiger partial charge in [-0.25, -0.2) is 14.0 Å². The summed E-state index contributed by atoms with van der Waals surface area (Å²) in [6, 6.07) is 7.65. The number of benzene rings is 1. The fourth-order valence-corrected chi connectivity index (χ4v) is 4.64. The highest BCUT2D eigenvalue weighted by atomic mass is 19.1. The SMILES string of the molecule is COc1ccc(-c2[nH]c3c(c2-c2c(-n4cccc4)n(C)c(=O)n(C)c2=O)c(=O)n(C)c(=O)n3C)cc1F. The molecule has 0 aliphatic heterocycles. The monoisotopic (exact) mass is 506 g/mol. The van der Waals surface area contributed by atoms with Gasteiger partial charge in [0.05, 0.1) is 23.8 Å². The third-order valence-electron chi connectivity index (χ3n) is 6.58. The van der Waals surface area contributed by atoms with Crippen LogP contribution in [0.1, 0.15) is 0 Å². The number of fused-ring (bicyclic) bond motifs is 1. The maximum Gasteiger partial charge on any atom is 0.332 e. The minimum atomic E-state index is -0.668. The molecule has 0 bridgehead atoms. The quantitative estimate of drug-likeness (QED) is 0.394. The molecule has 1 aromatic carbocycles. The number of H-pyrrole nitrogens is 1. The van der Waals surface area contributed by atoms with E-state index < -0.39 is 28.3 Å². The van der Waals surface area contributed by atoms with Gasteiger partial charge in [-0.1, -0.05) is 0 Å². The highest BCUT2D eigenvalue weighted by Gasteiger charge is 2.28. The topological polar surface area (TPSA) is 118 Å². The Morgan fingerprint density at radius 1 is 0.811 bits per heavy atom. The molecule has 0 aliphatic rings. The first-order valence-electron chi connectivity index (χ1n) is 11.2. The highest BCUT2D eigenvalue weighted by molar-refractivity contribution is 6.03. The number of aromatic amines is 1. The molecule has 11 nitrogen and oxygen atoms in total. The minimum Gasteiger partial charge on any atom is -0.494 e. The average Bonchev–Trinajstić information content (AvgIpc) is 3.55. The summed E-state index contributed by atoms with van der Waals surface area (Å²) in [4.78, 5) is 56.0. The Morgan fingerprint density at radius 2 is 1.43 bits per heavy atom. The van der Waals surface area contributed by atoms with Crippen LogP contribution in [-0.4, -0.2) is 34.9 Å². The molecule has 0 radical (unpaired) electrons. The summed E-state index contributed by atoms with van der Waals surface area (Å²) < 4.78 is 25.8. The lowest BCUT2D eigenvalue weighted by Gasteiger charge is -2.17. The van der Waals surface area contributed by atoms with Gasteiger partial charge in [0.2, 0.25) is 0 Å². The Morgan fingerprint density at radius 3 is 2.05 bits per heavy atom. The molecule has 5 rings (SSSR count). The van der Waals surface area contributed by atoms with E-state index >= 15 is 0 Å². The molecule has 37 heavy (non-hydrogen) atoms. The maximum absolute atomic E-state index is 14.8. The zero-order chi connectivity index (χ0) is 26.8. The number of aromatic nitrogens is 6. The number of methoxy groups -OCH3 is 1. The van der Waals surface area contributed by atoms with Crippen LogP contribution in [0, 0.1) is 5.82 Å². The van der Waals surface area contributed by atoms with Crippen LogP contribution in [0.25, 0.3) is 39.2 Å².